The fourth-order valence-corrected chi connectivity index (χ4v) is 3.88. The first-order valence-corrected chi connectivity index (χ1v) is 8.09. The number of halogens is 3. The van der Waals surface area contributed by atoms with E-state index < -0.39 is 24.2 Å². The van der Waals surface area contributed by atoms with Crippen molar-refractivity contribution in [3.8, 4) is 5.88 Å². The number of rotatable bonds is 5. The molecule has 4 rings (SSSR count). The summed E-state index contributed by atoms with van der Waals surface area (Å²) in [5.74, 6) is 0.721. The molecule has 3 heterocycles. The highest BCUT2D eigenvalue weighted by atomic mass is 32.1. The first kappa shape index (κ1) is 15.9. The number of aliphatic hydroxyl groups excluding tert-OH is 1. The van der Waals surface area contributed by atoms with Gasteiger partial charge in [0, 0.05) is 6.42 Å². The van der Waals surface area contributed by atoms with Crippen LogP contribution < -0.4 is 10.1 Å². The Morgan fingerprint density at radius 3 is 2.86 bits per heavy atom. The maximum atomic E-state index is 12.1. The minimum absolute atomic E-state index is 0.0628. The van der Waals surface area contributed by atoms with Gasteiger partial charge in [-0.25, -0.2) is 0 Å². The van der Waals surface area contributed by atoms with Crippen molar-refractivity contribution in [3.63, 3.8) is 0 Å². The van der Waals surface area contributed by atoms with E-state index in [0.717, 1.165) is 31.1 Å². The average molecular weight is 337 g/mol. The Bertz CT molecular complexity index is 515. The summed E-state index contributed by atoms with van der Waals surface area (Å²) in [4.78, 5) is 0. The topological polar surface area (TPSA) is 67.3 Å². The van der Waals surface area contributed by atoms with Crippen LogP contribution in [0.4, 0.5) is 13.2 Å². The Morgan fingerprint density at radius 1 is 1.41 bits per heavy atom. The highest BCUT2D eigenvalue weighted by molar-refractivity contribution is 6.99. The molecule has 124 valence electrons. The quantitative estimate of drug-likeness (QED) is 0.807. The monoisotopic (exact) mass is 337 g/mol. The molecule has 22 heavy (non-hydrogen) atoms. The van der Waals surface area contributed by atoms with Crippen LogP contribution in [0, 0.1) is 5.92 Å². The first-order valence-electron chi connectivity index (χ1n) is 7.36. The third-order valence-electron chi connectivity index (χ3n) is 4.50. The van der Waals surface area contributed by atoms with E-state index in [2.05, 4.69) is 14.1 Å². The number of aliphatic hydroxyl groups is 1. The number of ether oxygens (including phenoxy) is 1. The molecule has 1 aromatic heterocycles. The number of nitrogens with one attached hydrogen (secondary N) is 1. The van der Waals surface area contributed by atoms with E-state index >= 15 is 0 Å². The third kappa shape index (κ3) is 3.07. The van der Waals surface area contributed by atoms with Gasteiger partial charge in [-0.05, 0) is 38.1 Å². The highest BCUT2D eigenvalue weighted by Crippen LogP contribution is 2.45. The summed E-state index contributed by atoms with van der Waals surface area (Å²) in [6.07, 6.45) is -3.30. The number of hydrogen-bond donors (Lipinski definition) is 2. The smallest absolute Gasteiger partial charge is 0.389 e. The van der Waals surface area contributed by atoms with E-state index in [9.17, 15) is 18.3 Å². The molecule has 2 saturated heterocycles. The summed E-state index contributed by atoms with van der Waals surface area (Å²) in [5, 5.41) is 13.7. The summed E-state index contributed by atoms with van der Waals surface area (Å²) in [6, 6.07) is 0. The molecule has 3 aliphatic rings. The fourth-order valence-electron chi connectivity index (χ4n) is 3.30. The Morgan fingerprint density at radius 2 is 2.23 bits per heavy atom. The summed E-state index contributed by atoms with van der Waals surface area (Å²) >= 11 is 0.958. The maximum Gasteiger partial charge on any atom is 0.389 e. The van der Waals surface area contributed by atoms with Crippen LogP contribution in [0.1, 0.15) is 37.8 Å². The van der Waals surface area contributed by atoms with Gasteiger partial charge in [-0.2, -0.15) is 17.5 Å². The van der Waals surface area contributed by atoms with Gasteiger partial charge >= 0.3 is 6.18 Å². The summed E-state index contributed by atoms with van der Waals surface area (Å²) in [7, 11) is 0. The van der Waals surface area contributed by atoms with Crippen molar-refractivity contribution in [1.29, 1.82) is 0 Å². The van der Waals surface area contributed by atoms with E-state index in [1.165, 1.54) is 0 Å². The van der Waals surface area contributed by atoms with Gasteiger partial charge in [-0.1, -0.05) is 0 Å². The van der Waals surface area contributed by atoms with Gasteiger partial charge in [0.1, 0.15) is 5.69 Å². The van der Waals surface area contributed by atoms with Crippen LogP contribution in [0.25, 0.3) is 0 Å². The second-order valence-corrected chi connectivity index (χ2v) is 6.52. The lowest BCUT2D eigenvalue weighted by molar-refractivity contribution is -0.136. The zero-order valence-electron chi connectivity index (χ0n) is 11.9. The van der Waals surface area contributed by atoms with Crippen molar-refractivity contribution in [2.45, 2.75) is 49.9 Å². The highest BCUT2D eigenvalue weighted by Gasteiger charge is 2.51. The third-order valence-corrected chi connectivity index (χ3v) is 5.01. The number of nitrogens with zero attached hydrogens (tertiary/aromatic N) is 2. The molecular weight excluding hydrogens is 319 g/mol. The summed E-state index contributed by atoms with van der Waals surface area (Å²) in [6.45, 7) is 0.745. The van der Waals surface area contributed by atoms with Crippen molar-refractivity contribution >= 4 is 11.7 Å². The SMILES string of the molecule is OC1CC2CCC1(c1nsnc1OCCCC(F)(F)F)NC2. The van der Waals surface area contributed by atoms with Gasteiger partial charge in [0.2, 0.25) is 0 Å². The molecule has 2 aliphatic heterocycles. The molecule has 0 spiro atoms. The Labute approximate surface area is 130 Å². The zero-order chi connectivity index (χ0) is 15.8. The summed E-state index contributed by atoms with van der Waals surface area (Å²) < 4.78 is 50.1. The van der Waals surface area contributed by atoms with Crippen molar-refractivity contribution in [3.05, 3.63) is 5.69 Å². The largest absolute Gasteiger partial charge is 0.476 e. The molecule has 9 heteroatoms. The molecule has 2 N–H and O–H groups in total. The van der Waals surface area contributed by atoms with Gasteiger partial charge in [-0.15, -0.1) is 4.37 Å². The van der Waals surface area contributed by atoms with Crippen molar-refractivity contribution in [2.24, 2.45) is 5.92 Å². The Kier molecular flexibility index (Phi) is 4.30. The van der Waals surface area contributed by atoms with Crippen LogP contribution in [-0.4, -0.2) is 39.3 Å². The van der Waals surface area contributed by atoms with Crippen LogP contribution in [0.2, 0.25) is 0 Å². The number of fused-ring (bicyclic) bond motifs is 3. The molecule has 0 amide bonds. The minimum atomic E-state index is -4.18. The molecule has 1 saturated carbocycles. The van der Waals surface area contributed by atoms with Crippen molar-refractivity contribution in [1.82, 2.24) is 14.1 Å². The van der Waals surface area contributed by atoms with Crippen LogP contribution in [-0.2, 0) is 5.54 Å². The Hall–Kier alpha value is -0.930. The van der Waals surface area contributed by atoms with E-state index in [1.807, 2.05) is 0 Å². The van der Waals surface area contributed by atoms with Gasteiger partial charge < -0.3 is 15.2 Å². The fraction of sp³-hybridized carbons (Fsp3) is 0.846. The van der Waals surface area contributed by atoms with Gasteiger partial charge in [0.05, 0.1) is 30.0 Å². The average Bonchev–Trinajstić information content (AvgIpc) is 2.93. The van der Waals surface area contributed by atoms with Crippen LogP contribution in [0.15, 0.2) is 0 Å². The van der Waals surface area contributed by atoms with Gasteiger partial charge in [-0.3, -0.25) is 0 Å². The second kappa shape index (κ2) is 5.93. The lowest BCUT2D eigenvalue weighted by Crippen LogP contribution is -2.61. The number of hydrogen-bond acceptors (Lipinski definition) is 6. The number of alkyl halides is 3. The van der Waals surface area contributed by atoms with Crippen molar-refractivity contribution < 1.29 is 23.0 Å². The van der Waals surface area contributed by atoms with E-state index in [-0.39, 0.29) is 18.9 Å². The standard InChI is InChI=1S/C13H18F3N3O2S/c14-13(15,16)3-1-5-21-11-10(18-22-19-11)12-4-2-8(7-17-12)6-9(12)20/h8-9,17,20H,1-7H2. The Balaban J connectivity index is 1.67. The maximum absolute atomic E-state index is 12.1. The lowest BCUT2D eigenvalue weighted by Gasteiger charge is -2.49. The molecule has 5 nitrogen and oxygen atoms in total. The molecule has 3 fully saturated rings. The van der Waals surface area contributed by atoms with Crippen LogP contribution >= 0.6 is 11.7 Å². The summed E-state index contributed by atoms with van der Waals surface area (Å²) in [5.41, 5.74) is -0.128. The number of piperidine rings is 2. The van der Waals surface area contributed by atoms with Crippen LogP contribution in [0.3, 0.4) is 0 Å². The lowest BCUT2D eigenvalue weighted by atomic mass is 9.68. The minimum Gasteiger partial charge on any atom is -0.476 e. The molecule has 3 atom stereocenters. The first-order chi connectivity index (χ1) is 10.4. The van der Waals surface area contributed by atoms with E-state index in [4.69, 9.17) is 4.74 Å². The molecule has 2 bridgehead atoms. The predicted octanol–water partition coefficient (Wildman–Crippen LogP) is 2.22. The molecule has 1 aromatic rings. The molecule has 0 radical (unpaired) electrons. The van der Waals surface area contributed by atoms with Gasteiger partial charge in [0.25, 0.3) is 5.88 Å². The molecule has 0 aromatic carbocycles. The van der Waals surface area contributed by atoms with E-state index in [1.54, 1.807) is 0 Å². The van der Waals surface area contributed by atoms with Gasteiger partial charge in [0.15, 0.2) is 0 Å². The molecule has 1 aliphatic carbocycles. The molecular formula is C13H18F3N3O2S. The molecule has 3 unspecified atom stereocenters. The predicted molar refractivity (Wildman–Crippen MR) is 73.7 cm³/mol. The zero-order valence-corrected chi connectivity index (χ0v) is 12.7. The van der Waals surface area contributed by atoms with Crippen LogP contribution in [0.5, 0.6) is 5.88 Å². The van der Waals surface area contributed by atoms with E-state index in [0.29, 0.717) is 18.0 Å². The number of aromatic nitrogens is 2. The van der Waals surface area contributed by atoms with Crippen molar-refractivity contribution in [2.75, 3.05) is 13.2 Å². The second-order valence-electron chi connectivity index (χ2n) is 5.99. The normalized spacial score (nSPS) is 31.5.